The molecule has 0 radical (unpaired) electrons. The summed E-state index contributed by atoms with van der Waals surface area (Å²) in [6, 6.07) is 16.9. The lowest BCUT2D eigenvalue weighted by Gasteiger charge is -2.28. The van der Waals surface area contributed by atoms with Gasteiger partial charge in [-0.2, -0.15) is 19.6 Å². The van der Waals surface area contributed by atoms with E-state index in [1.807, 2.05) is 66.2 Å². The number of methoxy groups -OCH3 is 1. The molecule has 2 N–H and O–H groups in total. The third-order valence-corrected chi connectivity index (χ3v) is 9.29. The first-order valence-electron chi connectivity index (χ1n) is 17.3. The molecule has 1 aliphatic carbocycles. The highest BCUT2D eigenvalue weighted by molar-refractivity contribution is 5.97. The number of likely N-dealkylation sites (N-methyl/N-ethyl adjacent to an activating group) is 1. The molecule has 1 fully saturated rings. The topological polar surface area (TPSA) is 110 Å². The van der Waals surface area contributed by atoms with Crippen LogP contribution in [0.5, 0.6) is 0 Å². The molecule has 1 saturated carbocycles. The SMILES string of the molecule is COCC1CCC(Nc2nc(NCc3ccccc3-c3nccc4cc(CC(=O)/C=C/CN(C)C)ccc34)n3ncc(C(C)C)c3n2)CC1. The maximum Gasteiger partial charge on any atom is 0.229 e. The minimum Gasteiger partial charge on any atom is -0.384 e. The molecule has 10 heteroatoms. The van der Waals surface area contributed by atoms with Crippen molar-refractivity contribution in [2.75, 3.05) is 45.0 Å². The van der Waals surface area contributed by atoms with Crippen molar-refractivity contribution >= 4 is 34.1 Å². The minimum atomic E-state index is 0.0937. The molecule has 0 amide bonds. The highest BCUT2D eigenvalue weighted by Crippen LogP contribution is 2.31. The second kappa shape index (κ2) is 15.7. The van der Waals surface area contributed by atoms with Crippen LogP contribution in [0.3, 0.4) is 0 Å². The number of ether oxygens (including phenoxy) is 1. The number of carbonyl (C=O) groups is 1. The van der Waals surface area contributed by atoms with Crippen LogP contribution in [0, 0.1) is 5.92 Å². The van der Waals surface area contributed by atoms with Crippen LogP contribution in [-0.2, 0) is 22.5 Å². The van der Waals surface area contributed by atoms with Gasteiger partial charge in [0.15, 0.2) is 11.4 Å². The van der Waals surface area contributed by atoms with Gasteiger partial charge in [-0.3, -0.25) is 9.78 Å². The number of benzene rings is 2. The predicted octanol–water partition coefficient (Wildman–Crippen LogP) is 6.92. The molecule has 2 aromatic carbocycles. The summed E-state index contributed by atoms with van der Waals surface area (Å²) in [4.78, 5) is 29.3. The third-order valence-electron chi connectivity index (χ3n) is 9.29. The molecule has 1 aliphatic rings. The van der Waals surface area contributed by atoms with Gasteiger partial charge in [0.05, 0.1) is 11.9 Å². The summed E-state index contributed by atoms with van der Waals surface area (Å²) < 4.78 is 7.21. The minimum absolute atomic E-state index is 0.0937. The average Bonchev–Trinajstić information content (AvgIpc) is 3.52. The van der Waals surface area contributed by atoms with Crippen LogP contribution in [0.15, 0.2) is 73.1 Å². The van der Waals surface area contributed by atoms with Crippen molar-refractivity contribution in [1.82, 2.24) is 29.5 Å². The van der Waals surface area contributed by atoms with E-state index in [1.54, 1.807) is 13.2 Å². The van der Waals surface area contributed by atoms with Gasteiger partial charge in [-0.05, 0) is 80.3 Å². The number of pyridine rings is 1. The van der Waals surface area contributed by atoms with Crippen LogP contribution < -0.4 is 10.6 Å². The molecule has 6 rings (SSSR count). The van der Waals surface area contributed by atoms with E-state index in [0.29, 0.717) is 36.8 Å². The second-order valence-electron chi connectivity index (χ2n) is 13.7. The molecular weight excluding hydrogens is 612 g/mol. The Kier molecular flexibility index (Phi) is 11.0. The highest BCUT2D eigenvalue weighted by Gasteiger charge is 2.23. The van der Waals surface area contributed by atoms with Crippen molar-refractivity contribution in [1.29, 1.82) is 0 Å². The number of ketones is 1. The van der Waals surface area contributed by atoms with E-state index in [1.165, 1.54) is 0 Å². The van der Waals surface area contributed by atoms with Gasteiger partial charge in [0.2, 0.25) is 11.9 Å². The Morgan fingerprint density at radius 2 is 1.90 bits per heavy atom. The van der Waals surface area contributed by atoms with Crippen molar-refractivity contribution < 1.29 is 9.53 Å². The normalized spacial score (nSPS) is 16.7. The molecular formula is C39H48N8O2. The van der Waals surface area contributed by atoms with Gasteiger partial charge in [-0.25, -0.2) is 0 Å². The molecule has 3 aromatic heterocycles. The largest absolute Gasteiger partial charge is 0.384 e. The first-order chi connectivity index (χ1) is 23.8. The summed E-state index contributed by atoms with van der Waals surface area (Å²) in [5.41, 5.74) is 5.91. The van der Waals surface area contributed by atoms with Crippen LogP contribution in [0.1, 0.15) is 62.1 Å². The first kappa shape index (κ1) is 34.2. The summed E-state index contributed by atoms with van der Waals surface area (Å²) in [5, 5.41) is 14.0. The molecule has 0 bridgehead atoms. The number of fused-ring (bicyclic) bond motifs is 2. The number of carbonyl (C=O) groups excluding carboxylic acids is 1. The maximum atomic E-state index is 12.6. The van der Waals surface area contributed by atoms with Crippen LogP contribution in [-0.4, -0.2) is 75.6 Å². The standard InChI is InChI=1S/C39H48N8O2/c1-26(2)35-24-42-47-37(35)44-38(43-31-15-12-27(13-16-31)25-49-5)45-39(47)41-23-30-9-6-7-11-33(30)36-34-17-14-28(21-29(34)18-19-40-36)22-32(48)10-8-20-46(3)4/h6-11,14,17-19,21,24,26-27,31H,12-13,15-16,20,22-23,25H2,1-5H3,(H2,41,43,44,45)/b10-8+. The van der Waals surface area contributed by atoms with Gasteiger partial charge in [0.25, 0.3) is 0 Å². The van der Waals surface area contributed by atoms with Crippen LogP contribution in [0.4, 0.5) is 11.9 Å². The number of nitrogens with zero attached hydrogens (tertiary/aromatic N) is 6. The molecule has 3 heterocycles. The van der Waals surface area contributed by atoms with Gasteiger partial charge in [-0.15, -0.1) is 0 Å². The summed E-state index contributed by atoms with van der Waals surface area (Å²) >= 11 is 0. The highest BCUT2D eigenvalue weighted by atomic mass is 16.5. The number of allylic oxidation sites excluding steroid dienone is 1. The quantitative estimate of drug-likeness (QED) is 0.123. The summed E-state index contributed by atoms with van der Waals surface area (Å²) in [6.07, 6.45) is 12.1. The van der Waals surface area contributed by atoms with Crippen molar-refractivity contribution in [2.24, 2.45) is 5.92 Å². The van der Waals surface area contributed by atoms with Crippen LogP contribution >= 0.6 is 0 Å². The van der Waals surface area contributed by atoms with E-state index < -0.39 is 0 Å². The smallest absolute Gasteiger partial charge is 0.229 e. The Morgan fingerprint density at radius 3 is 2.67 bits per heavy atom. The number of aromatic nitrogens is 5. The van der Waals surface area contributed by atoms with E-state index in [0.717, 1.165) is 83.2 Å². The van der Waals surface area contributed by atoms with E-state index in [4.69, 9.17) is 19.7 Å². The Labute approximate surface area is 289 Å². The van der Waals surface area contributed by atoms with Crippen LogP contribution in [0.25, 0.3) is 27.7 Å². The molecule has 0 spiro atoms. The summed E-state index contributed by atoms with van der Waals surface area (Å²) in [5.74, 6) is 2.25. The number of hydrogen-bond donors (Lipinski definition) is 2. The average molecular weight is 661 g/mol. The molecule has 256 valence electrons. The fraction of sp³-hybridized carbons (Fsp3) is 0.410. The van der Waals surface area contributed by atoms with Crippen molar-refractivity contribution in [3.05, 3.63) is 89.8 Å². The Balaban J connectivity index is 1.24. The van der Waals surface area contributed by atoms with E-state index in [2.05, 4.69) is 53.8 Å². The second-order valence-corrected chi connectivity index (χ2v) is 13.7. The van der Waals surface area contributed by atoms with Crippen LogP contribution in [0.2, 0.25) is 0 Å². The van der Waals surface area contributed by atoms with Gasteiger partial charge in [-0.1, -0.05) is 62.4 Å². The van der Waals surface area contributed by atoms with Crippen molar-refractivity contribution in [2.45, 2.75) is 64.5 Å². The molecule has 0 aliphatic heterocycles. The van der Waals surface area contributed by atoms with Crippen molar-refractivity contribution in [3.63, 3.8) is 0 Å². The maximum absolute atomic E-state index is 12.6. The van der Waals surface area contributed by atoms with Gasteiger partial charge in [0, 0.05) is 62.0 Å². The zero-order valence-electron chi connectivity index (χ0n) is 29.3. The lowest BCUT2D eigenvalue weighted by Crippen LogP contribution is -2.28. The summed E-state index contributed by atoms with van der Waals surface area (Å²) in [7, 11) is 5.75. The van der Waals surface area contributed by atoms with Gasteiger partial charge in [0.1, 0.15) is 0 Å². The zero-order valence-corrected chi connectivity index (χ0v) is 29.3. The first-order valence-corrected chi connectivity index (χ1v) is 17.3. The molecule has 0 unspecified atom stereocenters. The fourth-order valence-corrected chi connectivity index (χ4v) is 6.66. The molecule has 10 nitrogen and oxygen atoms in total. The molecule has 0 saturated heterocycles. The zero-order chi connectivity index (χ0) is 34.3. The van der Waals surface area contributed by atoms with E-state index in [-0.39, 0.29) is 11.7 Å². The number of rotatable bonds is 14. The monoisotopic (exact) mass is 660 g/mol. The lowest BCUT2D eigenvalue weighted by molar-refractivity contribution is -0.114. The predicted molar refractivity (Wildman–Crippen MR) is 197 cm³/mol. The van der Waals surface area contributed by atoms with Crippen molar-refractivity contribution in [3.8, 4) is 11.3 Å². The van der Waals surface area contributed by atoms with Gasteiger partial charge < -0.3 is 20.3 Å². The number of nitrogens with one attached hydrogen (secondary N) is 2. The van der Waals surface area contributed by atoms with E-state index >= 15 is 0 Å². The fourth-order valence-electron chi connectivity index (χ4n) is 6.66. The summed E-state index contributed by atoms with van der Waals surface area (Å²) in [6.45, 7) is 6.40. The number of anilines is 2. The Bertz CT molecular complexity index is 1920. The molecule has 49 heavy (non-hydrogen) atoms. The molecule has 0 atom stereocenters. The van der Waals surface area contributed by atoms with Gasteiger partial charge >= 0.3 is 0 Å². The van der Waals surface area contributed by atoms with E-state index in [9.17, 15) is 4.79 Å². The Hall–Kier alpha value is -4.67. The number of hydrogen-bond acceptors (Lipinski definition) is 9. The lowest BCUT2D eigenvalue weighted by atomic mass is 9.86. The Morgan fingerprint density at radius 1 is 1.08 bits per heavy atom. The third kappa shape index (κ3) is 8.32. The molecule has 5 aromatic rings.